The summed E-state index contributed by atoms with van der Waals surface area (Å²) in [6, 6.07) is 16.3. The number of nitrogen functional groups attached to an aromatic ring is 1. The number of rotatable bonds is 5. The van der Waals surface area contributed by atoms with E-state index in [9.17, 15) is 5.26 Å². The highest BCUT2D eigenvalue weighted by Crippen LogP contribution is 2.36. The topological polar surface area (TPSA) is 82.4 Å². The number of nitriles is 1. The summed E-state index contributed by atoms with van der Waals surface area (Å²) in [7, 11) is 1.66. The molecule has 0 aliphatic heterocycles. The molecule has 1 aromatic heterocycles. The van der Waals surface area contributed by atoms with Crippen molar-refractivity contribution in [2.75, 3.05) is 12.8 Å². The molecule has 0 unspecified atom stereocenters. The summed E-state index contributed by atoms with van der Waals surface area (Å²) in [6.07, 6.45) is 5.33. The second kappa shape index (κ2) is 9.09. The average molecular weight is 415 g/mol. The lowest BCUT2D eigenvalue weighted by molar-refractivity contribution is -0.373. The van der Waals surface area contributed by atoms with E-state index >= 15 is 0 Å². The zero-order chi connectivity index (χ0) is 21.8. The van der Waals surface area contributed by atoms with Gasteiger partial charge in [-0.2, -0.15) is 5.26 Å². The van der Waals surface area contributed by atoms with Crippen LogP contribution < -0.4 is 20.2 Å². The van der Waals surface area contributed by atoms with Crippen LogP contribution in [0, 0.1) is 18.3 Å². The van der Waals surface area contributed by atoms with E-state index in [1.54, 1.807) is 7.11 Å². The molecule has 0 atom stereocenters. The number of methoxy groups -OCH3 is 1. The minimum absolute atomic E-state index is 0.374. The van der Waals surface area contributed by atoms with Gasteiger partial charge in [0.15, 0.2) is 0 Å². The number of pyridine rings is 1. The van der Waals surface area contributed by atoms with Gasteiger partial charge in [-0.3, -0.25) is 5.73 Å². The van der Waals surface area contributed by atoms with Gasteiger partial charge < -0.3 is 9.47 Å². The SMILES string of the molecule is COc1ccc(-c2c(C#N)c(N)[nH+]c3c2CCCCC3)cc1COc1ccc(C)cc1. The second-order valence-electron chi connectivity index (χ2n) is 8.05. The highest BCUT2D eigenvalue weighted by molar-refractivity contribution is 5.78. The van der Waals surface area contributed by atoms with Crippen LogP contribution in [-0.4, -0.2) is 7.11 Å². The third-order valence-corrected chi connectivity index (χ3v) is 5.92. The summed E-state index contributed by atoms with van der Waals surface area (Å²) in [5.41, 5.74) is 13.2. The predicted molar refractivity (Wildman–Crippen MR) is 121 cm³/mol. The first kappa shape index (κ1) is 20.7. The number of hydrogen-bond acceptors (Lipinski definition) is 4. The number of aromatic amines is 1. The third kappa shape index (κ3) is 4.34. The van der Waals surface area contributed by atoms with Crippen molar-refractivity contribution in [1.82, 2.24) is 0 Å². The van der Waals surface area contributed by atoms with Crippen LogP contribution in [0.5, 0.6) is 11.5 Å². The Morgan fingerprint density at radius 2 is 1.84 bits per heavy atom. The number of aryl methyl sites for hydroxylation is 2. The molecule has 0 spiro atoms. The molecule has 0 radical (unpaired) electrons. The van der Waals surface area contributed by atoms with Gasteiger partial charge in [-0.25, -0.2) is 4.98 Å². The monoisotopic (exact) mass is 414 g/mol. The van der Waals surface area contributed by atoms with Crippen LogP contribution in [0.1, 0.15) is 47.2 Å². The van der Waals surface area contributed by atoms with Crippen LogP contribution in [0.25, 0.3) is 11.1 Å². The number of fused-ring (bicyclic) bond motifs is 1. The number of nitrogens with two attached hydrogens (primary N) is 1. The van der Waals surface area contributed by atoms with Crippen LogP contribution in [0.15, 0.2) is 42.5 Å². The highest BCUT2D eigenvalue weighted by Gasteiger charge is 2.24. The maximum Gasteiger partial charge on any atom is 0.289 e. The van der Waals surface area contributed by atoms with Gasteiger partial charge in [-0.1, -0.05) is 30.2 Å². The van der Waals surface area contributed by atoms with Gasteiger partial charge >= 0.3 is 0 Å². The van der Waals surface area contributed by atoms with Gasteiger partial charge in [0.25, 0.3) is 5.82 Å². The van der Waals surface area contributed by atoms with Crippen LogP contribution in [-0.2, 0) is 19.4 Å². The maximum absolute atomic E-state index is 9.88. The number of nitrogens with zero attached hydrogens (tertiary/aromatic N) is 1. The van der Waals surface area contributed by atoms with Crippen molar-refractivity contribution in [3.05, 3.63) is 70.4 Å². The molecule has 2 aromatic carbocycles. The number of ether oxygens (including phenoxy) is 2. The lowest BCUT2D eigenvalue weighted by atomic mass is 9.91. The fourth-order valence-electron chi connectivity index (χ4n) is 4.28. The van der Waals surface area contributed by atoms with Crippen molar-refractivity contribution in [3.8, 4) is 28.7 Å². The first-order valence-corrected chi connectivity index (χ1v) is 10.7. The summed E-state index contributed by atoms with van der Waals surface area (Å²) < 4.78 is 11.6. The van der Waals surface area contributed by atoms with E-state index in [0.717, 1.165) is 59.6 Å². The smallest absolute Gasteiger partial charge is 0.289 e. The molecule has 0 amide bonds. The van der Waals surface area contributed by atoms with Gasteiger partial charge in [0.1, 0.15) is 35.4 Å². The molecule has 3 N–H and O–H groups in total. The molecule has 4 rings (SSSR count). The first-order valence-electron chi connectivity index (χ1n) is 10.7. The van der Waals surface area contributed by atoms with Crippen molar-refractivity contribution in [2.45, 2.75) is 45.6 Å². The molecule has 1 aliphatic rings. The Morgan fingerprint density at radius 3 is 2.58 bits per heavy atom. The molecule has 0 fully saturated rings. The van der Waals surface area contributed by atoms with Crippen molar-refractivity contribution >= 4 is 5.82 Å². The molecule has 3 aromatic rings. The van der Waals surface area contributed by atoms with Crippen molar-refractivity contribution in [3.63, 3.8) is 0 Å². The number of anilines is 1. The molecular weight excluding hydrogens is 386 g/mol. The normalized spacial score (nSPS) is 13.1. The zero-order valence-corrected chi connectivity index (χ0v) is 18.1. The number of aromatic nitrogens is 1. The first-order chi connectivity index (χ1) is 15.1. The minimum atomic E-state index is 0.374. The summed E-state index contributed by atoms with van der Waals surface area (Å²) in [5, 5.41) is 9.88. The van der Waals surface area contributed by atoms with Crippen molar-refractivity contribution < 1.29 is 14.5 Å². The van der Waals surface area contributed by atoms with Crippen molar-refractivity contribution in [2.24, 2.45) is 0 Å². The van der Waals surface area contributed by atoms with Crippen molar-refractivity contribution in [1.29, 1.82) is 5.26 Å². The zero-order valence-electron chi connectivity index (χ0n) is 18.1. The Balaban J connectivity index is 1.76. The highest BCUT2D eigenvalue weighted by atomic mass is 16.5. The quantitative estimate of drug-likeness (QED) is 0.609. The standard InChI is InChI=1S/C26H27N3O2/c1-17-8-11-20(12-9-17)31-16-19-14-18(10-13-24(19)30-2)25-21-6-4-3-5-7-23(21)29-26(28)22(25)15-27/h8-14H,3-7,16H2,1-2H3,(H2,28,29)/p+1. The predicted octanol–water partition coefficient (Wildman–Crippen LogP) is 4.79. The van der Waals surface area contributed by atoms with E-state index < -0.39 is 0 Å². The number of benzene rings is 2. The van der Waals surface area contributed by atoms with E-state index in [0.29, 0.717) is 18.0 Å². The van der Waals surface area contributed by atoms with E-state index in [1.165, 1.54) is 17.5 Å². The third-order valence-electron chi connectivity index (χ3n) is 5.92. The van der Waals surface area contributed by atoms with Gasteiger partial charge in [0, 0.05) is 23.1 Å². The second-order valence-corrected chi connectivity index (χ2v) is 8.05. The molecule has 5 heteroatoms. The van der Waals surface area contributed by atoms with Crippen LogP contribution >= 0.6 is 0 Å². The average Bonchev–Trinajstić information content (AvgIpc) is 3.02. The summed E-state index contributed by atoms with van der Waals surface area (Å²) in [5.74, 6) is 2.01. The lowest BCUT2D eigenvalue weighted by Crippen LogP contribution is -2.22. The van der Waals surface area contributed by atoms with E-state index in [4.69, 9.17) is 15.2 Å². The van der Waals surface area contributed by atoms with E-state index in [2.05, 4.69) is 24.0 Å². The molecule has 0 bridgehead atoms. The Hall–Kier alpha value is -3.52. The molecule has 1 aliphatic carbocycles. The minimum Gasteiger partial charge on any atom is -0.496 e. The fourth-order valence-corrected chi connectivity index (χ4v) is 4.28. The van der Waals surface area contributed by atoms with Gasteiger partial charge in [-0.05, 0) is 56.0 Å². The Labute approximate surface area is 183 Å². The Bertz CT molecular complexity index is 1130. The molecular formula is C26H28N3O2+. The Morgan fingerprint density at radius 1 is 1.06 bits per heavy atom. The molecule has 5 nitrogen and oxygen atoms in total. The molecule has 31 heavy (non-hydrogen) atoms. The summed E-state index contributed by atoms with van der Waals surface area (Å²) in [4.78, 5) is 3.29. The molecule has 0 saturated carbocycles. The summed E-state index contributed by atoms with van der Waals surface area (Å²) >= 11 is 0. The van der Waals surface area contributed by atoms with E-state index in [-0.39, 0.29) is 0 Å². The van der Waals surface area contributed by atoms with Gasteiger partial charge in [-0.15, -0.1) is 0 Å². The number of H-pyrrole nitrogens is 1. The van der Waals surface area contributed by atoms with Gasteiger partial charge in [0.2, 0.25) is 0 Å². The summed E-state index contributed by atoms with van der Waals surface area (Å²) in [6.45, 7) is 2.42. The molecule has 158 valence electrons. The number of nitrogens with one attached hydrogen (secondary N) is 1. The van der Waals surface area contributed by atoms with E-state index in [1.807, 2.05) is 36.4 Å². The molecule has 1 heterocycles. The van der Waals surface area contributed by atoms with Gasteiger partial charge in [0.05, 0.1) is 7.11 Å². The number of hydrogen-bond donors (Lipinski definition) is 1. The van der Waals surface area contributed by atoms with Crippen LogP contribution in [0.4, 0.5) is 5.82 Å². The largest absolute Gasteiger partial charge is 0.496 e. The Kier molecular flexibility index (Phi) is 6.08. The molecule has 0 saturated heterocycles. The lowest BCUT2D eigenvalue weighted by Gasteiger charge is -2.16. The maximum atomic E-state index is 9.88. The van der Waals surface area contributed by atoms with Crippen LogP contribution in [0.3, 0.4) is 0 Å². The van der Waals surface area contributed by atoms with Crippen LogP contribution in [0.2, 0.25) is 0 Å². The fraction of sp³-hybridized carbons (Fsp3) is 0.308.